The summed E-state index contributed by atoms with van der Waals surface area (Å²) in [6.07, 6.45) is -23.1. The molecule has 22 heteroatoms. The van der Waals surface area contributed by atoms with Crippen LogP contribution in [0.3, 0.4) is 0 Å². The van der Waals surface area contributed by atoms with E-state index in [1.54, 1.807) is 0 Å². The fourth-order valence-corrected chi connectivity index (χ4v) is 7.18. The summed E-state index contributed by atoms with van der Waals surface area (Å²) in [6, 6.07) is 10.9. The van der Waals surface area contributed by atoms with Crippen LogP contribution in [0.5, 0.6) is 34.5 Å². The van der Waals surface area contributed by atoms with Crippen molar-refractivity contribution in [2.24, 2.45) is 0 Å². The summed E-state index contributed by atoms with van der Waals surface area (Å²) in [4.78, 5) is 27.2. The van der Waals surface area contributed by atoms with Gasteiger partial charge in [-0.25, -0.2) is 4.79 Å². The molecule has 0 amide bonds. The maximum Gasteiger partial charge on any atom is 0.330 e. The highest BCUT2D eigenvalue weighted by atomic mass is 16.8. The number of phenolic OH excluding ortho intramolecular Hbond substituents is 4. The summed E-state index contributed by atoms with van der Waals surface area (Å²) in [5.41, 5.74) is -1.07. The molecule has 0 radical (unpaired) electrons. The zero-order chi connectivity index (χ0) is 46.3. The fourth-order valence-electron chi connectivity index (χ4n) is 7.18. The van der Waals surface area contributed by atoms with Gasteiger partial charge < -0.3 is 98.9 Å². The standard InChI is InChI=1S/C42H46O22/c1-15-28(48)32(52)35(55)40(58-15)60-20-12-23(46)27-24(13-20)61-37(18-5-7-19(43)8-6-18)38(31(27)51)63-42-39(64-41-36(56)33(53)29(49)16(2)59-41)34(54)30(50)25(62-42)14-57-26(47)10-4-17-3-9-21(44)22(45)11-17/h3-13,15-16,25,28-30,32-36,39-46,48-50,52-56H,14H2,1-2H3/b10-4+. The zero-order valence-electron chi connectivity index (χ0n) is 33.7. The minimum atomic E-state index is -2.06. The third kappa shape index (κ3) is 9.44. The van der Waals surface area contributed by atoms with Crippen LogP contribution in [0.15, 0.2) is 69.9 Å². The lowest BCUT2D eigenvalue weighted by molar-refractivity contribution is -0.354. The molecule has 3 aliphatic heterocycles. The van der Waals surface area contributed by atoms with Gasteiger partial charge in [-0.1, -0.05) is 6.07 Å². The average Bonchev–Trinajstić information content (AvgIpc) is 3.26. The van der Waals surface area contributed by atoms with Crippen molar-refractivity contribution in [2.45, 2.75) is 106 Å². The van der Waals surface area contributed by atoms with Crippen LogP contribution >= 0.6 is 0 Å². The van der Waals surface area contributed by atoms with Gasteiger partial charge in [0.05, 0.1) is 12.2 Å². The molecule has 15 unspecified atom stereocenters. The van der Waals surface area contributed by atoms with Gasteiger partial charge in [-0.05, 0) is 61.9 Å². The van der Waals surface area contributed by atoms with Gasteiger partial charge >= 0.3 is 5.97 Å². The number of benzene rings is 3. The molecule has 64 heavy (non-hydrogen) atoms. The highest BCUT2D eigenvalue weighted by molar-refractivity contribution is 5.88. The Kier molecular flexibility index (Phi) is 13.7. The van der Waals surface area contributed by atoms with Crippen LogP contribution in [0.4, 0.5) is 0 Å². The number of ether oxygens (including phenoxy) is 7. The average molecular weight is 903 g/mol. The largest absolute Gasteiger partial charge is 0.508 e. The number of esters is 1. The maximum absolute atomic E-state index is 14.5. The number of carbonyl (C=O) groups excluding carboxylic acids is 1. The lowest BCUT2D eigenvalue weighted by Gasteiger charge is -2.45. The molecule has 3 fully saturated rings. The molecule has 15 atom stereocenters. The van der Waals surface area contributed by atoms with Gasteiger partial charge in [-0.15, -0.1) is 0 Å². The molecule has 7 rings (SSSR count). The summed E-state index contributed by atoms with van der Waals surface area (Å²) in [6.45, 7) is 2.00. The smallest absolute Gasteiger partial charge is 0.330 e. The van der Waals surface area contributed by atoms with E-state index in [1.807, 2.05) is 0 Å². The Labute approximate surface area is 361 Å². The number of phenols is 4. The first-order valence-corrected chi connectivity index (χ1v) is 19.7. The molecule has 22 nitrogen and oxygen atoms in total. The third-order valence-corrected chi connectivity index (χ3v) is 10.9. The summed E-state index contributed by atoms with van der Waals surface area (Å²) < 4.78 is 46.1. The topological polar surface area (TPSA) is 355 Å². The molecule has 3 saturated heterocycles. The summed E-state index contributed by atoms with van der Waals surface area (Å²) in [5, 5.41) is 125. The Hall–Kier alpha value is -5.60. The van der Waals surface area contributed by atoms with E-state index in [9.17, 15) is 70.9 Å². The molecule has 12 N–H and O–H groups in total. The predicted octanol–water partition coefficient (Wildman–Crippen LogP) is -1.22. The fraction of sp³-hybridized carbons (Fsp3) is 0.429. The number of hydrogen-bond acceptors (Lipinski definition) is 22. The summed E-state index contributed by atoms with van der Waals surface area (Å²) in [7, 11) is 0. The Morgan fingerprint density at radius 2 is 1.30 bits per heavy atom. The Balaban J connectivity index is 1.24. The minimum absolute atomic E-state index is 0.0691. The van der Waals surface area contributed by atoms with Crippen LogP contribution in [0.1, 0.15) is 19.4 Å². The van der Waals surface area contributed by atoms with Gasteiger partial charge in [0, 0.05) is 23.8 Å². The lowest BCUT2D eigenvalue weighted by Crippen LogP contribution is -2.64. The molecule has 0 saturated carbocycles. The first-order valence-electron chi connectivity index (χ1n) is 19.7. The summed E-state index contributed by atoms with van der Waals surface area (Å²) in [5.74, 6) is -4.17. The number of aromatic hydroxyl groups is 4. The van der Waals surface area contributed by atoms with E-state index in [0.717, 1.165) is 24.3 Å². The van der Waals surface area contributed by atoms with Gasteiger partial charge in [0.2, 0.25) is 23.8 Å². The number of carbonyl (C=O) groups is 1. The molecular weight excluding hydrogens is 856 g/mol. The molecule has 3 aromatic carbocycles. The quantitative estimate of drug-likeness (QED) is 0.0477. The highest BCUT2D eigenvalue weighted by Crippen LogP contribution is 2.39. The Morgan fingerprint density at radius 1 is 0.656 bits per heavy atom. The van der Waals surface area contributed by atoms with Crippen molar-refractivity contribution in [2.75, 3.05) is 6.61 Å². The lowest BCUT2D eigenvalue weighted by atomic mass is 9.97. The minimum Gasteiger partial charge on any atom is -0.508 e. The number of rotatable bonds is 11. The molecule has 0 aliphatic carbocycles. The Bertz CT molecular complexity index is 2390. The monoisotopic (exact) mass is 902 g/mol. The highest BCUT2D eigenvalue weighted by Gasteiger charge is 2.52. The Morgan fingerprint density at radius 3 is 1.95 bits per heavy atom. The molecule has 346 valence electrons. The number of hydrogen-bond donors (Lipinski definition) is 12. The molecule has 1 aromatic heterocycles. The van der Waals surface area contributed by atoms with Gasteiger partial charge in [0.25, 0.3) is 0 Å². The molecule has 0 spiro atoms. The third-order valence-electron chi connectivity index (χ3n) is 10.9. The van der Waals surface area contributed by atoms with Crippen molar-refractivity contribution >= 4 is 23.0 Å². The van der Waals surface area contributed by atoms with Gasteiger partial charge in [-0.2, -0.15) is 0 Å². The van der Waals surface area contributed by atoms with Gasteiger partial charge in [0.1, 0.15) is 89.8 Å². The SMILES string of the molecule is CC1OC(Oc2cc(O)c3c(=O)c(OC4OC(COC(=O)/C=C/c5ccc(O)c(O)c5)C(O)C(O)C4OC4OC(C)C(O)C(O)C4O)c(-c4ccc(O)cc4)oc3c2)C(O)C(O)C1O. The summed E-state index contributed by atoms with van der Waals surface area (Å²) >= 11 is 0. The first kappa shape index (κ1) is 46.4. The number of aliphatic hydroxyl groups is 8. The van der Waals surface area contributed by atoms with Gasteiger partial charge in [-0.3, -0.25) is 4.79 Å². The van der Waals surface area contributed by atoms with E-state index in [4.69, 9.17) is 37.6 Å². The molecular formula is C42H46O22. The predicted molar refractivity (Wildman–Crippen MR) is 213 cm³/mol. The first-order chi connectivity index (χ1) is 30.3. The van der Waals surface area contributed by atoms with Crippen molar-refractivity contribution < 1.29 is 104 Å². The second-order valence-electron chi connectivity index (χ2n) is 15.4. The van der Waals surface area contributed by atoms with Crippen LogP contribution in [-0.2, 0) is 28.5 Å². The van der Waals surface area contributed by atoms with Gasteiger partial charge in [0.15, 0.2) is 29.7 Å². The molecule has 3 aliphatic rings. The molecule has 4 heterocycles. The number of fused-ring (bicyclic) bond motifs is 1. The van der Waals surface area contributed by atoms with Crippen molar-refractivity contribution in [1.82, 2.24) is 0 Å². The molecule has 4 aromatic rings. The second kappa shape index (κ2) is 18.9. The van der Waals surface area contributed by atoms with Crippen molar-refractivity contribution in [3.63, 3.8) is 0 Å². The van der Waals surface area contributed by atoms with E-state index in [0.29, 0.717) is 5.56 Å². The van der Waals surface area contributed by atoms with Crippen LogP contribution in [0.25, 0.3) is 28.4 Å². The van der Waals surface area contributed by atoms with Crippen LogP contribution in [0.2, 0.25) is 0 Å². The van der Waals surface area contributed by atoms with E-state index in [2.05, 4.69) is 0 Å². The van der Waals surface area contributed by atoms with Crippen molar-refractivity contribution in [1.29, 1.82) is 0 Å². The van der Waals surface area contributed by atoms with E-state index >= 15 is 0 Å². The van der Waals surface area contributed by atoms with E-state index < -0.39 is 144 Å². The molecule has 0 bridgehead atoms. The zero-order valence-corrected chi connectivity index (χ0v) is 33.7. The van der Waals surface area contributed by atoms with Crippen molar-refractivity contribution in [3.05, 3.63) is 76.5 Å². The maximum atomic E-state index is 14.5. The second-order valence-corrected chi connectivity index (χ2v) is 15.4. The normalized spacial score (nSPS) is 33.2. The van der Waals surface area contributed by atoms with Crippen LogP contribution in [0, 0.1) is 0 Å². The van der Waals surface area contributed by atoms with Crippen LogP contribution in [-0.4, -0.2) is 166 Å². The van der Waals surface area contributed by atoms with E-state index in [1.165, 1.54) is 56.3 Å². The van der Waals surface area contributed by atoms with Crippen LogP contribution < -0.4 is 14.9 Å². The van der Waals surface area contributed by atoms with Crippen molar-refractivity contribution in [3.8, 4) is 45.8 Å². The number of aliphatic hydroxyl groups excluding tert-OH is 8. The van der Waals surface area contributed by atoms with E-state index in [-0.39, 0.29) is 22.6 Å².